The third-order valence-electron chi connectivity index (χ3n) is 7.28. The molecule has 4 aromatic rings. The largest absolute Gasteiger partial charge is 0.484 e. The molecule has 1 aliphatic heterocycles. The van der Waals surface area contributed by atoms with Crippen LogP contribution in [0.3, 0.4) is 0 Å². The highest BCUT2D eigenvalue weighted by Gasteiger charge is 2.35. The van der Waals surface area contributed by atoms with Gasteiger partial charge in [0.25, 0.3) is 5.91 Å². The smallest absolute Gasteiger partial charge is 0.257 e. The number of halogens is 1. The van der Waals surface area contributed by atoms with Crippen molar-refractivity contribution in [1.29, 1.82) is 0 Å². The van der Waals surface area contributed by atoms with E-state index in [9.17, 15) is 17.6 Å². The van der Waals surface area contributed by atoms with E-state index >= 15 is 0 Å². The van der Waals surface area contributed by atoms with Crippen molar-refractivity contribution in [3.05, 3.63) is 90.1 Å². The second-order valence-electron chi connectivity index (χ2n) is 10.1. The number of hydrogen-bond acceptors (Lipinski definition) is 8. The first-order chi connectivity index (χ1) is 20.7. The topological polar surface area (TPSA) is 143 Å². The predicted octanol–water partition coefficient (Wildman–Crippen LogP) is 4.18. The van der Waals surface area contributed by atoms with E-state index in [0.29, 0.717) is 54.5 Å². The van der Waals surface area contributed by atoms with Gasteiger partial charge in [0.2, 0.25) is 10.0 Å². The molecular formula is C31H32FN3O7S. The molecule has 1 fully saturated rings. The summed E-state index contributed by atoms with van der Waals surface area (Å²) in [5.74, 6) is 0.182. The molecule has 0 saturated carbocycles. The maximum Gasteiger partial charge on any atom is 0.257 e. The first-order valence-corrected chi connectivity index (χ1v) is 15.2. The SMILES string of the molecule is COC1(c2cc(F)cc(OCC(=O)NCCc3nc(-c4ccccc4)c(-c4ccc(S(N)(=O)=O)cc4)o3)c2)CCOCC1. The van der Waals surface area contributed by atoms with Gasteiger partial charge in [-0.15, -0.1) is 0 Å². The Morgan fingerprint density at radius 2 is 1.77 bits per heavy atom. The van der Waals surface area contributed by atoms with Crippen LogP contribution in [0.5, 0.6) is 5.75 Å². The Morgan fingerprint density at radius 3 is 2.44 bits per heavy atom. The van der Waals surface area contributed by atoms with Gasteiger partial charge in [0.15, 0.2) is 18.3 Å². The Kier molecular flexibility index (Phi) is 9.21. The van der Waals surface area contributed by atoms with Crippen molar-refractivity contribution in [2.24, 2.45) is 5.14 Å². The van der Waals surface area contributed by atoms with E-state index < -0.39 is 27.3 Å². The molecule has 3 N–H and O–H groups in total. The fourth-order valence-corrected chi connectivity index (χ4v) is 5.50. The number of sulfonamides is 1. The molecule has 1 saturated heterocycles. The number of primary sulfonamides is 1. The molecular weight excluding hydrogens is 577 g/mol. The third kappa shape index (κ3) is 7.28. The average Bonchev–Trinajstić information content (AvgIpc) is 3.44. The van der Waals surface area contributed by atoms with Crippen molar-refractivity contribution in [3.8, 4) is 28.3 Å². The zero-order valence-electron chi connectivity index (χ0n) is 23.5. The molecule has 2 heterocycles. The van der Waals surface area contributed by atoms with Crippen LogP contribution in [0, 0.1) is 5.82 Å². The van der Waals surface area contributed by atoms with Gasteiger partial charge in [0, 0.05) is 63.3 Å². The van der Waals surface area contributed by atoms with Crippen LogP contribution in [0.25, 0.3) is 22.6 Å². The molecule has 1 aliphatic rings. The first kappa shape index (κ1) is 30.4. The number of nitrogens with two attached hydrogens (primary N) is 1. The zero-order valence-corrected chi connectivity index (χ0v) is 24.4. The molecule has 12 heteroatoms. The summed E-state index contributed by atoms with van der Waals surface area (Å²) in [5, 5.41) is 7.99. The van der Waals surface area contributed by atoms with Gasteiger partial charge in [-0.25, -0.2) is 22.9 Å². The minimum Gasteiger partial charge on any atom is -0.484 e. The maximum absolute atomic E-state index is 14.4. The van der Waals surface area contributed by atoms with Gasteiger partial charge in [-0.1, -0.05) is 30.3 Å². The number of benzene rings is 3. The van der Waals surface area contributed by atoms with E-state index in [2.05, 4.69) is 10.3 Å². The van der Waals surface area contributed by atoms with E-state index in [0.717, 1.165) is 5.56 Å². The van der Waals surface area contributed by atoms with Gasteiger partial charge in [-0.3, -0.25) is 4.79 Å². The number of nitrogens with one attached hydrogen (secondary N) is 1. The summed E-state index contributed by atoms with van der Waals surface area (Å²) < 4.78 is 60.6. The molecule has 1 aromatic heterocycles. The quantitative estimate of drug-likeness (QED) is 0.258. The Bertz CT molecular complexity index is 1670. The molecule has 3 aromatic carbocycles. The molecule has 5 rings (SSSR count). The van der Waals surface area contributed by atoms with E-state index in [-0.39, 0.29) is 30.2 Å². The number of carbonyl (C=O) groups excluding carboxylic acids is 1. The fraction of sp³-hybridized carbons (Fsp3) is 0.290. The highest BCUT2D eigenvalue weighted by molar-refractivity contribution is 7.89. The summed E-state index contributed by atoms with van der Waals surface area (Å²) in [4.78, 5) is 17.2. The standard InChI is InChI=1S/C31H32FN3O7S/c1-39-31(12-15-40-16-13-31)23-17-24(32)19-25(18-23)41-20-27(36)34-14-11-28-35-29(21-5-3-2-4-6-21)30(42-28)22-7-9-26(10-8-22)43(33,37)38/h2-10,17-19H,11-16,20H2,1H3,(H,34,36)(H2,33,37,38). The molecule has 43 heavy (non-hydrogen) atoms. The zero-order chi connectivity index (χ0) is 30.5. The van der Waals surface area contributed by atoms with Crippen LogP contribution in [0.1, 0.15) is 24.3 Å². The molecule has 0 aliphatic carbocycles. The number of rotatable bonds is 11. The van der Waals surface area contributed by atoms with Crippen molar-refractivity contribution < 1.29 is 36.2 Å². The number of amides is 1. The molecule has 10 nitrogen and oxygen atoms in total. The molecule has 0 radical (unpaired) electrons. The number of oxazole rings is 1. The summed E-state index contributed by atoms with van der Waals surface area (Å²) in [5.41, 5.74) is 1.98. The molecule has 0 unspecified atom stereocenters. The van der Waals surface area contributed by atoms with Gasteiger partial charge in [0.1, 0.15) is 17.3 Å². The summed E-state index contributed by atoms with van der Waals surface area (Å²) in [6.07, 6.45) is 1.45. The van der Waals surface area contributed by atoms with Crippen LogP contribution in [0.2, 0.25) is 0 Å². The highest BCUT2D eigenvalue weighted by Crippen LogP contribution is 2.37. The van der Waals surface area contributed by atoms with Gasteiger partial charge in [-0.2, -0.15) is 0 Å². The average molecular weight is 610 g/mol. The Balaban J connectivity index is 1.23. The van der Waals surface area contributed by atoms with Gasteiger partial charge in [0.05, 0.1) is 10.5 Å². The minimum absolute atomic E-state index is 0.0153. The molecule has 1 amide bonds. The lowest BCUT2D eigenvalue weighted by molar-refractivity contribution is -0.123. The van der Waals surface area contributed by atoms with Crippen molar-refractivity contribution >= 4 is 15.9 Å². The van der Waals surface area contributed by atoms with Gasteiger partial charge >= 0.3 is 0 Å². The van der Waals surface area contributed by atoms with E-state index in [4.69, 9.17) is 23.8 Å². The van der Waals surface area contributed by atoms with Crippen molar-refractivity contribution in [3.63, 3.8) is 0 Å². The lowest BCUT2D eigenvalue weighted by Gasteiger charge is -2.36. The normalized spacial score (nSPS) is 14.8. The van der Waals surface area contributed by atoms with Crippen molar-refractivity contribution in [2.45, 2.75) is 29.8 Å². The Labute approximate surface area is 249 Å². The highest BCUT2D eigenvalue weighted by atomic mass is 32.2. The molecule has 226 valence electrons. The summed E-state index contributed by atoms with van der Waals surface area (Å²) in [6.45, 7) is 0.913. The molecule has 0 atom stereocenters. The second-order valence-corrected chi connectivity index (χ2v) is 11.7. The molecule has 0 spiro atoms. The van der Waals surface area contributed by atoms with Crippen LogP contribution in [-0.4, -0.2) is 52.8 Å². The van der Waals surface area contributed by atoms with Crippen molar-refractivity contribution in [2.75, 3.05) is 33.5 Å². The molecule has 0 bridgehead atoms. The second kappa shape index (κ2) is 13.0. The lowest BCUT2D eigenvalue weighted by Crippen LogP contribution is -2.35. The van der Waals surface area contributed by atoms with Crippen LogP contribution in [0.4, 0.5) is 4.39 Å². The number of carbonyl (C=O) groups is 1. The maximum atomic E-state index is 14.4. The number of ether oxygens (including phenoxy) is 3. The summed E-state index contributed by atoms with van der Waals surface area (Å²) in [6, 6.07) is 19.8. The van der Waals surface area contributed by atoms with Crippen LogP contribution >= 0.6 is 0 Å². The van der Waals surface area contributed by atoms with Crippen molar-refractivity contribution in [1.82, 2.24) is 10.3 Å². The van der Waals surface area contributed by atoms with E-state index in [1.807, 2.05) is 30.3 Å². The Hall–Kier alpha value is -4.10. The fourth-order valence-electron chi connectivity index (χ4n) is 4.98. The minimum atomic E-state index is -3.84. The Morgan fingerprint density at radius 1 is 1.05 bits per heavy atom. The lowest BCUT2D eigenvalue weighted by atomic mass is 9.86. The first-order valence-electron chi connectivity index (χ1n) is 13.7. The monoisotopic (exact) mass is 609 g/mol. The van der Waals surface area contributed by atoms with E-state index in [1.165, 1.54) is 24.3 Å². The number of aromatic nitrogens is 1. The summed E-state index contributed by atoms with van der Waals surface area (Å²) >= 11 is 0. The van der Waals surface area contributed by atoms with Gasteiger partial charge in [-0.05, 0) is 42.0 Å². The van der Waals surface area contributed by atoms with Crippen LogP contribution < -0.4 is 15.2 Å². The van der Waals surface area contributed by atoms with E-state index in [1.54, 1.807) is 25.3 Å². The third-order valence-corrected chi connectivity index (χ3v) is 8.21. The van der Waals surface area contributed by atoms with Crippen LogP contribution in [0.15, 0.2) is 82.1 Å². The predicted molar refractivity (Wildman–Crippen MR) is 156 cm³/mol. The van der Waals surface area contributed by atoms with Gasteiger partial charge < -0.3 is 23.9 Å². The summed E-state index contributed by atoms with van der Waals surface area (Å²) in [7, 11) is -2.25. The number of methoxy groups -OCH3 is 1. The number of hydrogen-bond donors (Lipinski definition) is 2. The van der Waals surface area contributed by atoms with Crippen LogP contribution in [-0.2, 0) is 36.3 Å². The number of nitrogens with zero attached hydrogens (tertiary/aromatic N) is 1.